The second-order valence-electron chi connectivity index (χ2n) is 6.46. The largest absolute Gasteiger partial charge is 0.313 e. The fraction of sp³-hybridized carbons (Fsp3) is 1.00. The quantitative estimate of drug-likeness (QED) is 0.808. The van der Waals surface area contributed by atoms with Crippen molar-refractivity contribution >= 4 is 0 Å². The molecule has 1 saturated carbocycles. The van der Waals surface area contributed by atoms with Crippen LogP contribution >= 0.6 is 0 Å². The van der Waals surface area contributed by atoms with E-state index in [2.05, 4.69) is 31.0 Å². The van der Waals surface area contributed by atoms with Crippen molar-refractivity contribution < 1.29 is 0 Å². The van der Waals surface area contributed by atoms with Crippen LogP contribution in [0.25, 0.3) is 0 Å². The molecule has 1 N–H and O–H groups in total. The van der Waals surface area contributed by atoms with Gasteiger partial charge in [-0.15, -0.1) is 0 Å². The molecular formula is C16H32N2. The first-order chi connectivity index (χ1) is 8.76. The average molecular weight is 252 g/mol. The van der Waals surface area contributed by atoms with Gasteiger partial charge in [0, 0.05) is 18.6 Å². The molecule has 0 bridgehead atoms. The number of piperidine rings is 1. The van der Waals surface area contributed by atoms with Crippen LogP contribution in [0.1, 0.15) is 59.3 Å². The standard InChI is InChI=1S/C16H32N2/c1-4-10-17-15-7-6-11-18(12-15)16-9-8-14(5-2)13(16)3/h13-17H,4-12H2,1-3H3. The molecule has 2 fully saturated rings. The van der Waals surface area contributed by atoms with Gasteiger partial charge < -0.3 is 5.32 Å². The van der Waals surface area contributed by atoms with E-state index in [0.717, 1.165) is 23.9 Å². The Labute approximate surface area is 114 Å². The molecule has 1 aliphatic carbocycles. The Hall–Kier alpha value is -0.0800. The van der Waals surface area contributed by atoms with Crippen molar-refractivity contribution in [3.8, 4) is 0 Å². The summed E-state index contributed by atoms with van der Waals surface area (Å²) in [6, 6.07) is 1.63. The lowest BCUT2D eigenvalue weighted by molar-refractivity contribution is 0.108. The minimum atomic E-state index is 0.756. The van der Waals surface area contributed by atoms with Gasteiger partial charge in [0.1, 0.15) is 0 Å². The summed E-state index contributed by atoms with van der Waals surface area (Å²) < 4.78 is 0. The average Bonchev–Trinajstić information content (AvgIpc) is 2.78. The summed E-state index contributed by atoms with van der Waals surface area (Å²) in [5, 5.41) is 3.72. The molecule has 0 radical (unpaired) electrons. The van der Waals surface area contributed by atoms with Crippen molar-refractivity contribution in [3.63, 3.8) is 0 Å². The fourth-order valence-corrected chi connectivity index (χ4v) is 4.14. The molecule has 1 heterocycles. The summed E-state index contributed by atoms with van der Waals surface area (Å²) in [5.74, 6) is 1.90. The van der Waals surface area contributed by atoms with E-state index < -0.39 is 0 Å². The number of nitrogens with zero attached hydrogens (tertiary/aromatic N) is 1. The number of hydrogen-bond acceptors (Lipinski definition) is 2. The minimum absolute atomic E-state index is 0.756. The first-order valence-electron chi connectivity index (χ1n) is 8.23. The maximum Gasteiger partial charge on any atom is 0.0195 e. The topological polar surface area (TPSA) is 15.3 Å². The van der Waals surface area contributed by atoms with Crippen LogP contribution in [0.2, 0.25) is 0 Å². The molecule has 0 aromatic heterocycles. The van der Waals surface area contributed by atoms with Crippen LogP contribution in [0.15, 0.2) is 0 Å². The van der Waals surface area contributed by atoms with Crippen LogP contribution in [0.5, 0.6) is 0 Å². The SMILES string of the molecule is CCCNC1CCCN(C2CCC(CC)C2C)C1. The van der Waals surface area contributed by atoms with Crippen LogP contribution < -0.4 is 5.32 Å². The van der Waals surface area contributed by atoms with Crippen molar-refractivity contribution in [2.75, 3.05) is 19.6 Å². The molecular weight excluding hydrogens is 220 g/mol. The predicted octanol–water partition coefficient (Wildman–Crippen LogP) is 3.28. The first kappa shape index (κ1) is 14.3. The zero-order valence-electron chi connectivity index (χ0n) is 12.6. The van der Waals surface area contributed by atoms with Crippen LogP contribution in [-0.4, -0.2) is 36.6 Å². The molecule has 106 valence electrons. The Morgan fingerprint density at radius 2 is 2.00 bits per heavy atom. The summed E-state index contributed by atoms with van der Waals surface area (Å²) in [7, 11) is 0. The molecule has 4 unspecified atom stereocenters. The van der Waals surface area contributed by atoms with Crippen LogP contribution in [-0.2, 0) is 0 Å². The third-order valence-electron chi connectivity index (χ3n) is 5.31. The maximum absolute atomic E-state index is 3.72. The smallest absolute Gasteiger partial charge is 0.0195 e. The van der Waals surface area contributed by atoms with E-state index in [4.69, 9.17) is 0 Å². The highest BCUT2D eigenvalue weighted by atomic mass is 15.2. The third-order valence-corrected chi connectivity index (χ3v) is 5.31. The van der Waals surface area contributed by atoms with Crippen molar-refractivity contribution in [2.24, 2.45) is 11.8 Å². The van der Waals surface area contributed by atoms with Gasteiger partial charge in [-0.1, -0.05) is 27.2 Å². The Balaban J connectivity index is 1.85. The number of likely N-dealkylation sites (tertiary alicyclic amines) is 1. The summed E-state index contributed by atoms with van der Waals surface area (Å²) in [6.07, 6.45) is 8.32. The Morgan fingerprint density at radius 3 is 2.67 bits per heavy atom. The summed E-state index contributed by atoms with van der Waals surface area (Å²) in [4.78, 5) is 2.80. The Bertz CT molecular complexity index is 241. The number of hydrogen-bond donors (Lipinski definition) is 1. The van der Waals surface area contributed by atoms with Gasteiger partial charge >= 0.3 is 0 Å². The predicted molar refractivity (Wildman–Crippen MR) is 78.9 cm³/mol. The molecule has 0 aromatic rings. The van der Waals surface area contributed by atoms with Gasteiger partial charge in [0.15, 0.2) is 0 Å². The summed E-state index contributed by atoms with van der Waals surface area (Å²) in [6.45, 7) is 11.0. The van der Waals surface area contributed by atoms with Crippen molar-refractivity contribution in [2.45, 2.75) is 71.4 Å². The van der Waals surface area contributed by atoms with Crippen molar-refractivity contribution in [1.29, 1.82) is 0 Å². The van der Waals surface area contributed by atoms with Crippen LogP contribution in [0.3, 0.4) is 0 Å². The zero-order chi connectivity index (χ0) is 13.0. The van der Waals surface area contributed by atoms with E-state index in [1.807, 2.05) is 0 Å². The highest BCUT2D eigenvalue weighted by Gasteiger charge is 2.36. The fourth-order valence-electron chi connectivity index (χ4n) is 4.14. The third kappa shape index (κ3) is 3.27. The molecule has 0 aromatic carbocycles. The molecule has 0 amide bonds. The van der Waals surface area contributed by atoms with E-state index in [0.29, 0.717) is 0 Å². The van der Waals surface area contributed by atoms with Gasteiger partial charge in [0.05, 0.1) is 0 Å². The lowest BCUT2D eigenvalue weighted by Gasteiger charge is -2.39. The molecule has 4 atom stereocenters. The highest BCUT2D eigenvalue weighted by molar-refractivity contribution is 4.91. The Kier molecular flexibility index (Phi) is 5.50. The Morgan fingerprint density at radius 1 is 1.17 bits per heavy atom. The van der Waals surface area contributed by atoms with Gasteiger partial charge in [0.25, 0.3) is 0 Å². The molecule has 2 nitrogen and oxygen atoms in total. The molecule has 2 rings (SSSR count). The molecule has 0 spiro atoms. The van der Waals surface area contributed by atoms with Gasteiger partial charge in [-0.05, 0) is 57.0 Å². The van der Waals surface area contributed by atoms with E-state index in [1.54, 1.807) is 0 Å². The van der Waals surface area contributed by atoms with Crippen molar-refractivity contribution in [3.05, 3.63) is 0 Å². The number of nitrogens with one attached hydrogen (secondary N) is 1. The molecule has 2 heteroatoms. The summed E-state index contributed by atoms with van der Waals surface area (Å²) in [5.41, 5.74) is 0. The van der Waals surface area contributed by atoms with Gasteiger partial charge in [-0.25, -0.2) is 0 Å². The van der Waals surface area contributed by atoms with Crippen LogP contribution in [0, 0.1) is 11.8 Å². The molecule has 1 saturated heterocycles. The molecule has 18 heavy (non-hydrogen) atoms. The van der Waals surface area contributed by atoms with Crippen molar-refractivity contribution in [1.82, 2.24) is 10.2 Å². The van der Waals surface area contributed by atoms with Gasteiger partial charge in [-0.3, -0.25) is 4.90 Å². The van der Waals surface area contributed by atoms with E-state index >= 15 is 0 Å². The summed E-state index contributed by atoms with van der Waals surface area (Å²) >= 11 is 0. The lowest BCUT2D eigenvalue weighted by Crippen LogP contribution is -2.50. The highest BCUT2D eigenvalue weighted by Crippen LogP contribution is 2.37. The lowest BCUT2D eigenvalue weighted by atomic mass is 9.91. The second kappa shape index (κ2) is 6.91. The second-order valence-corrected chi connectivity index (χ2v) is 6.46. The van der Waals surface area contributed by atoms with Gasteiger partial charge in [-0.2, -0.15) is 0 Å². The molecule has 2 aliphatic rings. The number of rotatable bonds is 5. The van der Waals surface area contributed by atoms with E-state index in [9.17, 15) is 0 Å². The zero-order valence-corrected chi connectivity index (χ0v) is 12.6. The van der Waals surface area contributed by atoms with E-state index in [-0.39, 0.29) is 0 Å². The molecule has 1 aliphatic heterocycles. The maximum atomic E-state index is 3.72. The van der Waals surface area contributed by atoms with Gasteiger partial charge in [0.2, 0.25) is 0 Å². The monoisotopic (exact) mass is 252 g/mol. The minimum Gasteiger partial charge on any atom is -0.313 e. The normalized spacial score (nSPS) is 38.2. The van der Waals surface area contributed by atoms with Crippen LogP contribution in [0.4, 0.5) is 0 Å². The first-order valence-corrected chi connectivity index (χ1v) is 8.23. The van der Waals surface area contributed by atoms with E-state index in [1.165, 1.54) is 58.2 Å².